The van der Waals surface area contributed by atoms with Gasteiger partial charge in [0.05, 0.1) is 24.2 Å². The summed E-state index contributed by atoms with van der Waals surface area (Å²) in [7, 11) is 1.56. The minimum atomic E-state index is -0.126. The number of ether oxygens (including phenoxy) is 1. The molecule has 0 atom stereocenters. The van der Waals surface area contributed by atoms with Crippen LogP contribution in [0.5, 0.6) is 5.75 Å². The normalized spacial score (nSPS) is 10.8. The lowest BCUT2D eigenvalue weighted by molar-refractivity contribution is -0.113. The van der Waals surface area contributed by atoms with Crippen molar-refractivity contribution in [1.82, 2.24) is 9.38 Å². The maximum Gasteiger partial charge on any atom is 0.258 e. The second kappa shape index (κ2) is 7.71. The Morgan fingerprint density at radius 1 is 1.40 bits per heavy atom. The second-order valence-corrected chi connectivity index (χ2v) is 7.52. The van der Waals surface area contributed by atoms with E-state index in [1.54, 1.807) is 29.8 Å². The van der Waals surface area contributed by atoms with Crippen molar-refractivity contribution in [3.8, 4) is 5.75 Å². The quantitative estimate of drug-likeness (QED) is 0.717. The maximum atomic E-state index is 12.1. The van der Waals surface area contributed by atoms with Crippen LogP contribution in [0.15, 0.2) is 41.3 Å². The highest BCUT2D eigenvalue weighted by Crippen LogP contribution is 2.23. The van der Waals surface area contributed by atoms with Crippen LogP contribution in [0.2, 0.25) is 0 Å². The zero-order valence-corrected chi connectivity index (χ0v) is 15.4. The Morgan fingerprint density at radius 3 is 3.00 bits per heavy atom. The van der Waals surface area contributed by atoms with E-state index in [1.165, 1.54) is 29.2 Å². The lowest BCUT2D eigenvalue weighted by Crippen LogP contribution is -2.15. The number of carbonyl (C=O) groups is 1. The summed E-state index contributed by atoms with van der Waals surface area (Å²) in [4.78, 5) is 30.3. The third-order valence-electron chi connectivity index (χ3n) is 3.40. The first-order valence-corrected chi connectivity index (χ1v) is 9.53. The van der Waals surface area contributed by atoms with Crippen LogP contribution in [-0.4, -0.2) is 28.2 Å². The fraction of sp³-hybridized carbons (Fsp3) is 0.235. The molecule has 130 valence electrons. The first-order chi connectivity index (χ1) is 12.1. The van der Waals surface area contributed by atoms with E-state index in [1.807, 2.05) is 19.1 Å². The molecule has 6 nitrogen and oxygen atoms in total. The summed E-state index contributed by atoms with van der Waals surface area (Å²) in [6, 6.07) is 8.77. The Hall–Kier alpha value is -2.32. The van der Waals surface area contributed by atoms with Crippen LogP contribution >= 0.6 is 23.1 Å². The topological polar surface area (TPSA) is 72.7 Å². The number of aryl methyl sites for hydroxylation is 1. The Balaban J connectivity index is 1.59. The van der Waals surface area contributed by atoms with Gasteiger partial charge in [0, 0.05) is 22.9 Å². The van der Waals surface area contributed by atoms with Gasteiger partial charge in [-0.1, -0.05) is 12.1 Å². The monoisotopic (exact) mass is 375 g/mol. The van der Waals surface area contributed by atoms with Crippen LogP contribution in [0.3, 0.4) is 0 Å². The fourth-order valence-corrected chi connectivity index (χ4v) is 3.88. The molecule has 0 aliphatic carbocycles. The number of hydrogen-bond acceptors (Lipinski definition) is 6. The number of anilines is 1. The molecule has 0 radical (unpaired) electrons. The van der Waals surface area contributed by atoms with Gasteiger partial charge >= 0.3 is 0 Å². The number of methoxy groups -OCH3 is 1. The van der Waals surface area contributed by atoms with E-state index in [2.05, 4.69) is 10.3 Å². The van der Waals surface area contributed by atoms with Crippen LogP contribution in [-0.2, 0) is 10.5 Å². The Labute approximate surface area is 152 Å². The largest absolute Gasteiger partial charge is 0.495 e. The summed E-state index contributed by atoms with van der Waals surface area (Å²) < 4.78 is 6.75. The summed E-state index contributed by atoms with van der Waals surface area (Å²) in [5.41, 5.74) is 1.23. The smallest absolute Gasteiger partial charge is 0.258 e. The highest BCUT2D eigenvalue weighted by atomic mass is 32.2. The number of thioether (sulfide) groups is 1. The summed E-state index contributed by atoms with van der Waals surface area (Å²) in [5.74, 6) is 1.26. The van der Waals surface area contributed by atoms with Gasteiger partial charge in [-0.3, -0.25) is 14.0 Å². The SMILES string of the molecule is COc1ccccc1NC(=O)CSCc1cc(=O)n2cc(C)sc2n1. The molecule has 3 rings (SSSR count). The number of amides is 1. The number of para-hydroxylation sites is 2. The summed E-state index contributed by atoms with van der Waals surface area (Å²) >= 11 is 2.89. The van der Waals surface area contributed by atoms with Crippen molar-refractivity contribution in [3.63, 3.8) is 0 Å². The molecule has 0 saturated carbocycles. The van der Waals surface area contributed by atoms with Crippen molar-refractivity contribution in [2.75, 3.05) is 18.2 Å². The van der Waals surface area contributed by atoms with E-state index in [0.29, 0.717) is 27.8 Å². The minimum absolute atomic E-state index is 0.0941. The van der Waals surface area contributed by atoms with Gasteiger partial charge in [-0.2, -0.15) is 0 Å². The average Bonchev–Trinajstić information content (AvgIpc) is 2.96. The number of hydrogen-bond donors (Lipinski definition) is 1. The number of nitrogens with zero attached hydrogens (tertiary/aromatic N) is 2. The van der Waals surface area contributed by atoms with Crippen LogP contribution in [0.25, 0.3) is 4.96 Å². The average molecular weight is 375 g/mol. The lowest BCUT2D eigenvalue weighted by Gasteiger charge is -2.09. The summed E-state index contributed by atoms with van der Waals surface area (Å²) in [6.07, 6.45) is 1.78. The molecule has 0 bridgehead atoms. The standard InChI is InChI=1S/C17H17N3O3S2/c1-11-8-20-16(22)7-12(18-17(20)25-11)9-24-10-15(21)19-13-5-3-4-6-14(13)23-2/h3-8H,9-10H2,1-2H3,(H,19,21). The Morgan fingerprint density at radius 2 is 2.20 bits per heavy atom. The van der Waals surface area contributed by atoms with E-state index >= 15 is 0 Å². The molecular weight excluding hydrogens is 358 g/mol. The molecule has 0 fully saturated rings. The number of benzene rings is 1. The number of nitrogens with one attached hydrogen (secondary N) is 1. The number of rotatable bonds is 6. The predicted octanol–water partition coefficient (Wildman–Crippen LogP) is 2.94. The van der Waals surface area contributed by atoms with Gasteiger partial charge in [-0.05, 0) is 19.1 Å². The molecule has 0 spiro atoms. The first kappa shape index (κ1) is 17.5. The first-order valence-electron chi connectivity index (χ1n) is 7.56. The molecule has 0 aliphatic heterocycles. The van der Waals surface area contributed by atoms with Crippen molar-refractivity contribution in [2.45, 2.75) is 12.7 Å². The number of carbonyl (C=O) groups excluding carboxylic acids is 1. The molecular formula is C17H17N3O3S2. The number of thiazole rings is 1. The molecule has 25 heavy (non-hydrogen) atoms. The van der Waals surface area contributed by atoms with Crippen molar-refractivity contribution < 1.29 is 9.53 Å². The Kier molecular flexibility index (Phi) is 5.40. The molecule has 1 amide bonds. The van der Waals surface area contributed by atoms with Crippen LogP contribution in [0.4, 0.5) is 5.69 Å². The number of aromatic nitrogens is 2. The van der Waals surface area contributed by atoms with Crippen molar-refractivity contribution in [3.05, 3.63) is 57.5 Å². The van der Waals surface area contributed by atoms with E-state index in [4.69, 9.17) is 4.74 Å². The van der Waals surface area contributed by atoms with E-state index in [9.17, 15) is 9.59 Å². The molecule has 0 aliphatic rings. The van der Waals surface area contributed by atoms with E-state index < -0.39 is 0 Å². The minimum Gasteiger partial charge on any atom is -0.495 e. The van der Waals surface area contributed by atoms with Crippen LogP contribution < -0.4 is 15.6 Å². The third kappa shape index (κ3) is 4.21. The van der Waals surface area contributed by atoms with Crippen LogP contribution in [0, 0.1) is 6.92 Å². The zero-order valence-electron chi connectivity index (χ0n) is 13.8. The third-order valence-corrected chi connectivity index (χ3v) is 5.26. The van der Waals surface area contributed by atoms with Gasteiger partial charge in [0.25, 0.3) is 5.56 Å². The van der Waals surface area contributed by atoms with Gasteiger partial charge in [-0.25, -0.2) is 4.98 Å². The van der Waals surface area contributed by atoms with Gasteiger partial charge < -0.3 is 10.1 Å². The summed E-state index contributed by atoms with van der Waals surface area (Å²) in [5, 5.41) is 2.82. The van der Waals surface area contributed by atoms with E-state index in [0.717, 1.165) is 4.88 Å². The zero-order chi connectivity index (χ0) is 17.8. The highest BCUT2D eigenvalue weighted by molar-refractivity contribution is 7.99. The van der Waals surface area contributed by atoms with Crippen molar-refractivity contribution in [1.29, 1.82) is 0 Å². The predicted molar refractivity (Wildman–Crippen MR) is 102 cm³/mol. The molecule has 2 aromatic heterocycles. The van der Waals surface area contributed by atoms with Crippen LogP contribution in [0.1, 0.15) is 10.6 Å². The molecule has 3 aromatic rings. The fourth-order valence-electron chi connectivity index (χ4n) is 2.31. The van der Waals surface area contributed by atoms with E-state index in [-0.39, 0.29) is 17.2 Å². The van der Waals surface area contributed by atoms with Gasteiger partial charge in [-0.15, -0.1) is 23.1 Å². The van der Waals surface area contributed by atoms with Gasteiger partial charge in [0.15, 0.2) is 4.96 Å². The summed E-state index contributed by atoms with van der Waals surface area (Å²) in [6.45, 7) is 1.94. The number of fused-ring (bicyclic) bond motifs is 1. The Bertz CT molecular complexity index is 965. The van der Waals surface area contributed by atoms with Crippen molar-refractivity contribution >= 4 is 39.7 Å². The molecule has 1 N–H and O–H groups in total. The molecule has 0 unspecified atom stereocenters. The molecule has 1 aromatic carbocycles. The molecule has 2 heterocycles. The van der Waals surface area contributed by atoms with Gasteiger partial charge in [0.2, 0.25) is 5.91 Å². The van der Waals surface area contributed by atoms with Crippen molar-refractivity contribution in [2.24, 2.45) is 0 Å². The lowest BCUT2D eigenvalue weighted by atomic mass is 10.3. The maximum absolute atomic E-state index is 12.1. The molecule has 0 saturated heterocycles. The highest BCUT2D eigenvalue weighted by Gasteiger charge is 2.09. The second-order valence-electron chi connectivity index (χ2n) is 5.32. The van der Waals surface area contributed by atoms with Gasteiger partial charge in [0.1, 0.15) is 5.75 Å². The molecule has 8 heteroatoms.